The Labute approximate surface area is 210 Å². The molecule has 0 fully saturated rings. The minimum atomic E-state index is -0.999. The van der Waals surface area contributed by atoms with Gasteiger partial charge in [-0.15, -0.1) is 35.9 Å². The summed E-state index contributed by atoms with van der Waals surface area (Å²) in [5.41, 5.74) is 2.12. The molecule has 0 bridgehead atoms. The summed E-state index contributed by atoms with van der Waals surface area (Å²) in [5.74, 6) is -0.999. The summed E-state index contributed by atoms with van der Waals surface area (Å²) in [6.45, 7) is 0. The summed E-state index contributed by atoms with van der Waals surface area (Å²) >= 11 is 0. The van der Waals surface area contributed by atoms with E-state index in [-0.39, 0.29) is 25.8 Å². The van der Waals surface area contributed by atoms with Gasteiger partial charge in [-0.25, -0.2) is 9.78 Å². The smallest absolute Gasteiger partial charge is 0.355 e. The molecule has 0 aliphatic heterocycles. The van der Waals surface area contributed by atoms with Gasteiger partial charge in [0, 0.05) is 37.9 Å². The molecule has 0 saturated heterocycles. The molecular formula is C29H19IrN2O2-. The Bertz CT molecular complexity index is 1500. The first-order valence-electron chi connectivity index (χ1n) is 10.5. The third-order valence-corrected chi connectivity index (χ3v) is 5.51. The molecule has 0 atom stereocenters. The molecule has 0 amide bonds. The van der Waals surface area contributed by atoms with Crippen molar-refractivity contribution in [3.05, 3.63) is 121 Å². The van der Waals surface area contributed by atoms with E-state index in [1.807, 2.05) is 91.0 Å². The van der Waals surface area contributed by atoms with Crippen LogP contribution in [0.3, 0.4) is 0 Å². The van der Waals surface area contributed by atoms with E-state index in [0.29, 0.717) is 5.39 Å². The Kier molecular flexibility index (Phi) is 7.07. The summed E-state index contributed by atoms with van der Waals surface area (Å²) < 4.78 is 0. The van der Waals surface area contributed by atoms with Gasteiger partial charge in [0.25, 0.3) is 0 Å². The third-order valence-electron chi connectivity index (χ3n) is 5.51. The number of hydrogen-bond acceptors (Lipinski definition) is 3. The first-order valence-corrected chi connectivity index (χ1v) is 10.5. The van der Waals surface area contributed by atoms with E-state index in [4.69, 9.17) is 0 Å². The van der Waals surface area contributed by atoms with E-state index in [1.165, 1.54) is 0 Å². The van der Waals surface area contributed by atoms with Gasteiger partial charge in [-0.1, -0.05) is 60.7 Å². The Morgan fingerprint density at radius 3 is 1.82 bits per heavy atom. The van der Waals surface area contributed by atoms with Gasteiger partial charge in [-0.3, -0.25) is 0 Å². The van der Waals surface area contributed by atoms with Crippen LogP contribution in [0.5, 0.6) is 0 Å². The molecule has 0 unspecified atom stereocenters. The van der Waals surface area contributed by atoms with Gasteiger partial charge in [0.1, 0.15) is 0 Å². The Balaban J connectivity index is 0.000000180. The van der Waals surface area contributed by atoms with Gasteiger partial charge in [0.15, 0.2) is 5.69 Å². The number of hydrogen-bond donors (Lipinski definition) is 1. The van der Waals surface area contributed by atoms with Crippen molar-refractivity contribution >= 4 is 38.3 Å². The number of aromatic carboxylic acids is 1. The number of pyridine rings is 2. The average Bonchev–Trinajstić information content (AvgIpc) is 2.90. The normalized spacial score (nSPS) is 10.4. The predicted octanol–water partition coefficient (Wildman–Crippen LogP) is 6.79. The van der Waals surface area contributed by atoms with E-state index >= 15 is 0 Å². The SMILES string of the molecule is O=C(O)c1nccc2c3ccccc3c3ccccc3c12.[Ir].[c-]1ccccc1-c1ccccn1. The molecule has 4 nitrogen and oxygen atoms in total. The maximum atomic E-state index is 11.5. The van der Waals surface area contributed by atoms with Gasteiger partial charge < -0.3 is 10.1 Å². The van der Waals surface area contributed by atoms with Crippen molar-refractivity contribution in [1.82, 2.24) is 9.97 Å². The molecule has 2 aromatic heterocycles. The summed E-state index contributed by atoms with van der Waals surface area (Å²) in [4.78, 5) is 19.8. The van der Waals surface area contributed by atoms with Crippen LogP contribution in [0.4, 0.5) is 0 Å². The van der Waals surface area contributed by atoms with E-state index in [1.54, 1.807) is 12.4 Å². The number of aromatic nitrogens is 2. The molecule has 0 spiro atoms. The van der Waals surface area contributed by atoms with Gasteiger partial charge in [-0.2, -0.15) is 0 Å². The van der Waals surface area contributed by atoms with Crippen LogP contribution in [-0.4, -0.2) is 21.0 Å². The fourth-order valence-electron chi connectivity index (χ4n) is 4.08. The monoisotopic (exact) mass is 620 g/mol. The van der Waals surface area contributed by atoms with Gasteiger partial charge in [-0.05, 0) is 44.8 Å². The maximum absolute atomic E-state index is 11.5. The maximum Gasteiger partial charge on any atom is 0.355 e. The molecule has 1 N–H and O–H groups in total. The zero-order valence-corrected chi connectivity index (χ0v) is 20.4. The second kappa shape index (κ2) is 10.3. The Hall–Kier alpha value is -3.92. The first-order chi connectivity index (χ1) is 16.2. The molecule has 0 saturated carbocycles. The van der Waals surface area contributed by atoms with Crippen LogP contribution in [0.2, 0.25) is 0 Å². The van der Waals surface area contributed by atoms with E-state index in [0.717, 1.165) is 38.2 Å². The standard InChI is InChI=1S/C18H11NO2.C11H8N.Ir/c20-18(21)17-16-14-8-4-3-6-12(14)11-5-1-2-7-13(11)15(16)9-10-19-17;1-2-6-10(7-3-1)11-8-4-5-9-12-11;/h1-10H,(H,20,21);1-6,8-9H;/q;-1;. The van der Waals surface area contributed by atoms with Crippen molar-refractivity contribution in [2.75, 3.05) is 0 Å². The second-order valence-corrected chi connectivity index (χ2v) is 7.47. The van der Waals surface area contributed by atoms with Crippen molar-refractivity contribution in [1.29, 1.82) is 0 Å². The molecule has 6 aromatic rings. The topological polar surface area (TPSA) is 63.1 Å². The van der Waals surface area contributed by atoms with Crippen molar-refractivity contribution in [2.45, 2.75) is 0 Å². The van der Waals surface area contributed by atoms with Crippen molar-refractivity contribution < 1.29 is 30.0 Å². The molecule has 2 heterocycles. The number of carboxylic acid groups (broad SMARTS) is 1. The van der Waals surface area contributed by atoms with E-state index in [2.05, 4.69) is 22.1 Å². The van der Waals surface area contributed by atoms with Crippen LogP contribution >= 0.6 is 0 Å². The molecule has 4 aromatic carbocycles. The van der Waals surface area contributed by atoms with Crippen LogP contribution in [0.15, 0.2) is 109 Å². The summed E-state index contributed by atoms with van der Waals surface area (Å²) in [6, 6.07) is 34.6. The molecule has 1 radical (unpaired) electrons. The number of benzene rings is 4. The fourth-order valence-corrected chi connectivity index (χ4v) is 4.08. The quantitative estimate of drug-likeness (QED) is 0.171. The number of nitrogens with zero attached hydrogens (tertiary/aromatic N) is 2. The van der Waals surface area contributed by atoms with E-state index in [9.17, 15) is 9.90 Å². The zero-order chi connectivity index (χ0) is 22.6. The van der Waals surface area contributed by atoms with Crippen LogP contribution < -0.4 is 0 Å². The second-order valence-electron chi connectivity index (χ2n) is 7.47. The predicted molar refractivity (Wildman–Crippen MR) is 132 cm³/mol. The molecule has 34 heavy (non-hydrogen) atoms. The van der Waals surface area contributed by atoms with Gasteiger partial charge >= 0.3 is 5.97 Å². The fraction of sp³-hybridized carbons (Fsp3) is 0. The van der Waals surface area contributed by atoms with E-state index < -0.39 is 5.97 Å². The molecule has 5 heteroatoms. The molecule has 0 aliphatic carbocycles. The van der Waals surface area contributed by atoms with Gasteiger partial charge in [0.05, 0.1) is 0 Å². The minimum Gasteiger partial charge on any atom is -0.476 e. The zero-order valence-electron chi connectivity index (χ0n) is 18.0. The first kappa shape index (κ1) is 23.2. The Morgan fingerprint density at radius 1 is 0.647 bits per heavy atom. The number of carbonyl (C=O) groups is 1. The molecule has 167 valence electrons. The summed E-state index contributed by atoms with van der Waals surface area (Å²) in [6.07, 6.45) is 3.35. The number of fused-ring (bicyclic) bond motifs is 6. The number of carboxylic acids is 1. The average molecular weight is 620 g/mol. The molecule has 0 aliphatic rings. The largest absolute Gasteiger partial charge is 0.476 e. The van der Waals surface area contributed by atoms with Crippen LogP contribution in [-0.2, 0) is 20.1 Å². The summed E-state index contributed by atoms with van der Waals surface area (Å²) in [7, 11) is 0. The van der Waals surface area contributed by atoms with Gasteiger partial charge in [0.2, 0.25) is 0 Å². The summed E-state index contributed by atoms with van der Waals surface area (Å²) in [5, 5.41) is 15.2. The minimum absolute atomic E-state index is 0. The van der Waals surface area contributed by atoms with Crippen LogP contribution in [0, 0.1) is 6.07 Å². The van der Waals surface area contributed by atoms with Crippen molar-refractivity contribution in [3.8, 4) is 11.3 Å². The number of rotatable bonds is 2. The van der Waals surface area contributed by atoms with Crippen LogP contribution in [0.1, 0.15) is 10.5 Å². The van der Waals surface area contributed by atoms with Crippen molar-refractivity contribution in [3.63, 3.8) is 0 Å². The Morgan fingerprint density at radius 2 is 1.24 bits per heavy atom. The van der Waals surface area contributed by atoms with Crippen molar-refractivity contribution in [2.24, 2.45) is 0 Å². The molecule has 6 rings (SSSR count). The third kappa shape index (κ3) is 4.44. The van der Waals surface area contributed by atoms with Crippen LogP contribution in [0.25, 0.3) is 43.6 Å². The molecular weight excluding hydrogens is 601 g/mol.